The van der Waals surface area contributed by atoms with Crippen LogP contribution >= 0.6 is 0 Å². The lowest BCUT2D eigenvalue weighted by Gasteiger charge is -2.72. The van der Waals surface area contributed by atoms with E-state index in [1.54, 1.807) is 0 Å². The third-order valence-corrected chi connectivity index (χ3v) is 14.8. The van der Waals surface area contributed by atoms with E-state index in [1.807, 2.05) is 30.3 Å². The van der Waals surface area contributed by atoms with Crippen molar-refractivity contribution in [1.29, 1.82) is 0 Å². The Morgan fingerprint density at radius 2 is 1.63 bits per heavy atom. The molecule has 41 heavy (non-hydrogen) atoms. The number of benzene rings is 1. The molecule has 0 bridgehead atoms. The first-order valence-corrected chi connectivity index (χ1v) is 16.5. The smallest absolute Gasteiger partial charge is 0.312 e. The van der Waals surface area contributed by atoms with Crippen LogP contribution in [0.5, 0.6) is 0 Å². The van der Waals surface area contributed by atoms with Gasteiger partial charge in [0.1, 0.15) is 6.61 Å². The molecule has 4 heteroatoms. The lowest BCUT2D eigenvalue weighted by atomic mass is 9.32. The van der Waals surface area contributed by atoms with Gasteiger partial charge in [-0.25, -0.2) is 0 Å². The number of carbonyl (C=O) groups excluding carboxylic acids is 1. The summed E-state index contributed by atoms with van der Waals surface area (Å²) in [6, 6.07) is 10.1. The predicted octanol–water partition coefficient (Wildman–Crippen LogP) is 7.72. The van der Waals surface area contributed by atoms with E-state index < -0.39 is 16.9 Å². The van der Waals surface area contributed by atoms with Gasteiger partial charge in [-0.2, -0.15) is 0 Å². The Morgan fingerprint density at radius 3 is 2.32 bits per heavy atom. The number of hydrogen-bond acceptors (Lipinski definition) is 4. The molecule has 5 fully saturated rings. The highest BCUT2D eigenvalue weighted by atomic mass is 16.5. The van der Waals surface area contributed by atoms with Crippen molar-refractivity contribution in [2.45, 2.75) is 112 Å². The largest absolute Gasteiger partial charge is 0.460 e. The highest BCUT2D eigenvalue weighted by Gasteiger charge is 2.72. The van der Waals surface area contributed by atoms with Crippen LogP contribution in [0, 0.1) is 56.7 Å². The maximum Gasteiger partial charge on any atom is 0.312 e. The van der Waals surface area contributed by atoms with Gasteiger partial charge in [0.25, 0.3) is 0 Å². The van der Waals surface area contributed by atoms with Gasteiger partial charge >= 0.3 is 5.97 Å². The number of carbonyl (C=O) groups is 1. The van der Waals surface area contributed by atoms with E-state index in [1.165, 1.54) is 12.0 Å². The first-order chi connectivity index (χ1) is 19.4. The molecule has 1 aromatic rings. The normalized spacial score (nSPS) is 48.8. The summed E-state index contributed by atoms with van der Waals surface area (Å²) in [7, 11) is 0. The van der Waals surface area contributed by atoms with Crippen molar-refractivity contribution in [3.05, 3.63) is 48.0 Å². The van der Waals surface area contributed by atoms with E-state index in [2.05, 4.69) is 41.2 Å². The molecular weight excluding hydrogens is 508 g/mol. The lowest BCUT2D eigenvalue weighted by molar-refractivity contribution is -0.254. The van der Waals surface area contributed by atoms with E-state index in [-0.39, 0.29) is 28.8 Å². The molecule has 226 valence electrons. The highest BCUT2D eigenvalue weighted by molar-refractivity contribution is 5.78. The highest BCUT2D eigenvalue weighted by Crippen LogP contribution is 2.77. The van der Waals surface area contributed by atoms with Gasteiger partial charge < -0.3 is 14.9 Å². The second-order valence-electron chi connectivity index (χ2n) is 16.1. The first kappa shape index (κ1) is 29.4. The third-order valence-electron chi connectivity index (χ3n) is 14.8. The van der Waals surface area contributed by atoms with E-state index >= 15 is 0 Å². The second kappa shape index (κ2) is 9.94. The summed E-state index contributed by atoms with van der Waals surface area (Å²) in [6.07, 6.45) is 9.90. The first-order valence-electron chi connectivity index (χ1n) is 16.5. The Labute approximate surface area is 248 Å². The Kier molecular flexibility index (Phi) is 7.14. The van der Waals surface area contributed by atoms with Gasteiger partial charge in [-0.3, -0.25) is 4.79 Å². The van der Waals surface area contributed by atoms with E-state index in [9.17, 15) is 15.0 Å². The van der Waals surface area contributed by atoms with Gasteiger partial charge in [0.05, 0.1) is 18.1 Å². The Morgan fingerprint density at radius 1 is 0.902 bits per heavy atom. The molecule has 5 saturated carbocycles. The van der Waals surface area contributed by atoms with Gasteiger partial charge in [0.2, 0.25) is 0 Å². The summed E-state index contributed by atoms with van der Waals surface area (Å²) in [6.45, 7) is 16.9. The van der Waals surface area contributed by atoms with Gasteiger partial charge in [0.15, 0.2) is 0 Å². The number of fused-ring (bicyclic) bond motifs is 7. The van der Waals surface area contributed by atoms with Crippen LogP contribution < -0.4 is 0 Å². The Hall–Kier alpha value is -1.65. The molecule has 1 aromatic carbocycles. The molecule has 5 aliphatic rings. The average molecular weight is 563 g/mol. The van der Waals surface area contributed by atoms with Crippen molar-refractivity contribution in [1.82, 2.24) is 0 Å². The molecular formula is C37H54O4. The van der Waals surface area contributed by atoms with Crippen LogP contribution in [0.25, 0.3) is 0 Å². The fourth-order valence-electron chi connectivity index (χ4n) is 12.4. The van der Waals surface area contributed by atoms with Crippen LogP contribution in [0.4, 0.5) is 0 Å². The molecule has 0 aromatic heterocycles. The van der Waals surface area contributed by atoms with Crippen LogP contribution in [-0.4, -0.2) is 28.9 Å². The molecule has 0 radical (unpaired) electrons. The molecule has 4 nitrogen and oxygen atoms in total. The average Bonchev–Trinajstić information content (AvgIpc) is 3.36. The van der Waals surface area contributed by atoms with Gasteiger partial charge in [-0.15, -0.1) is 0 Å². The zero-order valence-electron chi connectivity index (χ0n) is 26.3. The maximum atomic E-state index is 14.2. The topological polar surface area (TPSA) is 66.8 Å². The molecule has 0 heterocycles. The van der Waals surface area contributed by atoms with Crippen molar-refractivity contribution in [2.24, 2.45) is 56.7 Å². The fraction of sp³-hybridized carbons (Fsp3) is 0.757. The summed E-state index contributed by atoms with van der Waals surface area (Å²) in [5.74, 6) is 2.08. The quantitative estimate of drug-likeness (QED) is 0.285. The van der Waals surface area contributed by atoms with Crippen LogP contribution in [0.15, 0.2) is 42.5 Å². The number of esters is 1. The van der Waals surface area contributed by atoms with Crippen LogP contribution in [0.3, 0.4) is 0 Å². The number of hydrogen-bond donors (Lipinski definition) is 2. The molecule has 5 aliphatic carbocycles. The standard InChI is InChI=1S/C37H54O4/c1-24(2)26-14-19-37(32(40)41-22-25-10-8-7-9-11-25)21-20-35(5)27(31(26)37)12-13-29-33(3)17-16-30(39)34(4,23-38)28(33)15-18-36(29,35)6/h7-11,26-31,38-39H,1,12-23H2,2-6H3/t26?,27?,28?,29?,30-,31?,33-,34-,35+,36+,37-/m0/s1. The summed E-state index contributed by atoms with van der Waals surface area (Å²) >= 11 is 0. The van der Waals surface area contributed by atoms with E-state index in [4.69, 9.17) is 4.74 Å². The summed E-state index contributed by atoms with van der Waals surface area (Å²) in [5.41, 5.74) is 1.88. The fourth-order valence-corrected chi connectivity index (χ4v) is 12.4. The van der Waals surface area contributed by atoms with Crippen molar-refractivity contribution < 1.29 is 19.7 Å². The van der Waals surface area contributed by atoms with Gasteiger partial charge in [0, 0.05) is 5.41 Å². The maximum absolute atomic E-state index is 14.2. The molecule has 11 atom stereocenters. The zero-order chi connectivity index (χ0) is 29.4. The SMILES string of the molecule is C=C(C)C1CC[C@]2(C(=O)OCc3ccccc3)CC[C@]3(C)C(CCC4[C@@]5(C)CC[C@H](O)[C@@](C)(CO)C5CC[C@]43C)C12. The lowest BCUT2D eigenvalue weighted by Crippen LogP contribution is -2.67. The Bertz CT molecular complexity index is 1180. The van der Waals surface area contributed by atoms with E-state index in [0.717, 1.165) is 63.4 Å². The van der Waals surface area contributed by atoms with Gasteiger partial charge in [-0.1, -0.05) is 70.2 Å². The minimum atomic E-state index is -0.424. The zero-order valence-corrected chi connectivity index (χ0v) is 26.3. The summed E-state index contributed by atoms with van der Waals surface area (Å²) in [4.78, 5) is 14.2. The van der Waals surface area contributed by atoms with Crippen molar-refractivity contribution >= 4 is 5.97 Å². The van der Waals surface area contributed by atoms with E-state index in [0.29, 0.717) is 36.2 Å². The van der Waals surface area contributed by atoms with Crippen molar-refractivity contribution in [2.75, 3.05) is 6.61 Å². The number of aliphatic hydroxyl groups is 2. The number of aliphatic hydroxyl groups excluding tert-OH is 2. The molecule has 0 aliphatic heterocycles. The van der Waals surface area contributed by atoms with Crippen LogP contribution in [0.1, 0.15) is 104 Å². The second-order valence-corrected chi connectivity index (χ2v) is 16.1. The van der Waals surface area contributed by atoms with Gasteiger partial charge in [-0.05, 0) is 123 Å². The molecule has 2 N–H and O–H groups in total. The van der Waals surface area contributed by atoms with Crippen LogP contribution in [0.2, 0.25) is 0 Å². The predicted molar refractivity (Wildman–Crippen MR) is 163 cm³/mol. The molecule has 0 saturated heterocycles. The third kappa shape index (κ3) is 3.94. The summed E-state index contributed by atoms with van der Waals surface area (Å²) in [5, 5.41) is 21.6. The number of allylic oxidation sites excluding steroid dienone is 1. The molecule has 0 amide bonds. The molecule has 0 spiro atoms. The molecule has 6 rings (SSSR count). The van der Waals surface area contributed by atoms with Crippen molar-refractivity contribution in [3.63, 3.8) is 0 Å². The summed E-state index contributed by atoms with van der Waals surface area (Å²) < 4.78 is 6.16. The Balaban J connectivity index is 1.34. The number of ether oxygens (including phenoxy) is 1. The monoisotopic (exact) mass is 562 g/mol. The van der Waals surface area contributed by atoms with Crippen molar-refractivity contribution in [3.8, 4) is 0 Å². The molecule has 5 unspecified atom stereocenters. The minimum Gasteiger partial charge on any atom is -0.460 e. The number of rotatable bonds is 5. The van der Waals surface area contributed by atoms with Crippen LogP contribution in [-0.2, 0) is 16.1 Å². The minimum absolute atomic E-state index is 0.0279.